The van der Waals surface area contributed by atoms with Gasteiger partial charge in [-0.3, -0.25) is 14.4 Å². The first-order chi connectivity index (χ1) is 14.9. The Morgan fingerprint density at radius 2 is 2.00 bits per heavy atom. The molecule has 0 unspecified atom stereocenters. The van der Waals surface area contributed by atoms with Gasteiger partial charge in [-0.05, 0) is 19.4 Å². The summed E-state index contributed by atoms with van der Waals surface area (Å²) in [6, 6.07) is 4.31. The number of carbonyl (C=O) groups excluding carboxylic acids is 3. The number of aromatic hydroxyl groups is 1. The first kappa shape index (κ1) is 22.2. The minimum absolute atomic E-state index is 0.0100. The maximum Gasteiger partial charge on any atom is 0.306 e. The van der Waals surface area contributed by atoms with E-state index in [1.54, 1.807) is 0 Å². The number of carbonyl (C=O) groups is 3. The number of fused-ring (bicyclic) bond motifs is 1. The number of Topliss-reactive ketones (excluding diaryl/α,β-unsaturated/α-hetero) is 2. The summed E-state index contributed by atoms with van der Waals surface area (Å²) in [4.78, 5) is 42.0. The Hall–Kier alpha value is -3.47. The molecular weight excluding hydrogens is 410 g/mol. The van der Waals surface area contributed by atoms with E-state index in [4.69, 9.17) is 14.3 Å². The van der Waals surface area contributed by atoms with E-state index in [0.717, 1.165) is 0 Å². The molecule has 0 bridgehead atoms. The molecule has 1 N–H and O–H groups in total. The maximum absolute atomic E-state index is 12.7. The molecule has 0 amide bonds. The van der Waals surface area contributed by atoms with Gasteiger partial charge in [-0.2, -0.15) is 5.01 Å². The van der Waals surface area contributed by atoms with Crippen LogP contribution in [0, 0.1) is 5.21 Å². The van der Waals surface area contributed by atoms with Gasteiger partial charge in [0.15, 0.2) is 11.6 Å². The number of phenols is 1. The van der Waals surface area contributed by atoms with Gasteiger partial charge in [-0.15, -0.1) is 0 Å². The molecule has 1 saturated heterocycles. The number of hydrogen-bond donors (Lipinski definition) is 1. The van der Waals surface area contributed by atoms with E-state index in [1.807, 2.05) is 0 Å². The van der Waals surface area contributed by atoms with Gasteiger partial charge in [0.1, 0.15) is 30.7 Å². The van der Waals surface area contributed by atoms with Gasteiger partial charge < -0.3 is 24.6 Å². The number of allylic oxidation sites excluding steroid dienone is 2. The van der Waals surface area contributed by atoms with E-state index >= 15 is 0 Å². The Morgan fingerprint density at radius 3 is 2.74 bits per heavy atom. The Bertz CT molecular complexity index is 934. The van der Waals surface area contributed by atoms with Crippen molar-refractivity contribution >= 4 is 17.5 Å². The van der Waals surface area contributed by atoms with Gasteiger partial charge in [0.05, 0.1) is 30.4 Å². The van der Waals surface area contributed by atoms with Crippen molar-refractivity contribution in [2.45, 2.75) is 19.8 Å². The van der Waals surface area contributed by atoms with Crippen LogP contribution in [0.3, 0.4) is 0 Å². The van der Waals surface area contributed by atoms with Crippen LogP contribution < -0.4 is 0 Å². The molecule has 0 atom stereocenters. The van der Waals surface area contributed by atoms with E-state index in [2.05, 4.69) is 5.22 Å². The molecule has 1 aliphatic heterocycles. The summed E-state index contributed by atoms with van der Waals surface area (Å²) in [6.45, 7) is 3.07. The fourth-order valence-corrected chi connectivity index (χ4v) is 3.27. The Morgan fingerprint density at radius 1 is 1.26 bits per heavy atom. The zero-order valence-corrected chi connectivity index (χ0v) is 17.0. The van der Waals surface area contributed by atoms with E-state index in [-0.39, 0.29) is 64.9 Å². The lowest BCUT2D eigenvalue weighted by Crippen LogP contribution is -2.33. The highest BCUT2D eigenvalue weighted by Crippen LogP contribution is 2.33. The summed E-state index contributed by atoms with van der Waals surface area (Å²) in [5, 5.41) is 26.7. The highest BCUT2D eigenvalue weighted by Gasteiger charge is 2.32. The minimum atomic E-state index is -0.616. The maximum atomic E-state index is 12.7. The second-order valence-electron chi connectivity index (χ2n) is 6.91. The topological polar surface area (TPSA) is 141 Å². The van der Waals surface area contributed by atoms with Crippen molar-refractivity contribution in [1.82, 2.24) is 5.01 Å². The third kappa shape index (κ3) is 5.37. The number of benzene rings is 1. The van der Waals surface area contributed by atoms with Crippen LogP contribution in [0.25, 0.3) is 0 Å². The molecule has 1 heterocycles. The number of hydrogen-bond acceptors (Lipinski definition) is 9. The fraction of sp³-hybridized carbons (Fsp3) is 0.450. The van der Waals surface area contributed by atoms with E-state index in [0.29, 0.717) is 26.3 Å². The number of nitrogens with zero attached hydrogens (tertiary/aromatic N) is 3. The van der Waals surface area contributed by atoms with Crippen molar-refractivity contribution in [2.24, 2.45) is 5.22 Å². The van der Waals surface area contributed by atoms with Crippen molar-refractivity contribution in [1.29, 1.82) is 0 Å². The number of ether oxygens (including phenoxy) is 2. The zero-order chi connectivity index (χ0) is 22.4. The van der Waals surface area contributed by atoms with Gasteiger partial charge in [-0.1, -0.05) is 12.1 Å². The van der Waals surface area contributed by atoms with E-state index in [9.17, 15) is 24.7 Å². The summed E-state index contributed by atoms with van der Waals surface area (Å²) in [7, 11) is 0. The molecule has 1 aromatic rings. The lowest BCUT2D eigenvalue weighted by Gasteiger charge is -2.19. The van der Waals surface area contributed by atoms with Gasteiger partial charge >= 0.3 is 5.97 Å². The quantitative estimate of drug-likeness (QED) is 0.280. The number of esters is 1. The van der Waals surface area contributed by atoms with Gasteiger partial charge in [-0.25, -0.2) is 0 Å². The van der Waals surface area contributed by atoms with Crippen molar-refractivity contribution in [3.8, 4) is 5.75 Å². The molecule has 0 saturated carbocycles. The third-order valence-corrected chi connectivity index (χ3v) is 4.90. The molecule has 3 rings (SSSR count). The normalized spacial score (nSPS) is 16.9. The van der Waals surface area contributed by atoms with Gasteiger partial charge in [0.25, 0.3) is 0 Å². The molecule has 1 aromatic carbocycles. The Kier molecular flexibility index (Phi) is 7.19. The smallest absolute Gasteiger partial charge is 0.306 e. The molecule has 166 valence electrons. The number of morpholine rings is 1. The largest absolute Gasteiger partial charge is 0.507 e. The van der Waals surface area contributed by atoms with Crippen LogP contribution in [0.4, 0.5) is 0 Å². The molecule has 2 aliphatic rings. The molecule has 11 heteroatoms. The highest BCUT2D eigenvalue weighted by atomic mass is 16.9. The Balaban J connectivity index is 1.46. The van der Waals surface area contributed by atoms with Crippen LogP contribution >= 0.6 is 0 Å². The van der Waals surface area contributed by atoms with Crippen LogP contribution in [-0.4, -0.2) is 72.2 Å². The highest BCUT2D eigenvalue weighted by molar-refractivity contribution is 6.27. The van der Waals surface area contributed by atoms with Crippen molar-refractivity contribution < 1.29 is 38.8 Å². The molecule has 11 nitrogen and oxygen atoms in total. The van der Waals surface area contributed by atoms with Crippen LogP contribution in [-0.2, 0) is 19.1 Å². The minimum Gasteiger partial charge on any atom is -0.507 e. The first-order valence-electron chi connectivity index (χ1n) is 9.79. The monoisotopic (exact) mass is 433 g/mol. The number of ketones is 2. The molecular formula is C20H23N3O8. The second-order valence-corrected chi connectivity index (χ2v) is 6.91. The van der Waals surface area contributed by atoms with Crippen molar-refractivity contribution in [2.75, 3.05) is 39.5 Å². The van der Waals surface area contributed by atoms with Crippen molar-refractivity contribution in [3.05, 3.63) is 45.7 Å². The fourth-order valence-electron chi connectivity index (χ4n) is 3.27. The summed E-state index contributed by atoms with van der Waals surface area (Å²) in [5.41, 5.74) is 0.512. The second kappa shape index (κ2) is 10.0. The average Bonchev–Trinajstić information content (AvgIpc) is 2.75. The lowest BCUT2D eigenvalue weighted by atomic mass is 9.82. The molecule has 0 aromatic heterocycles. The van der Waals surface area contributed by atoms with E-state index < -0.39 is 11.8 Å². The van der Waals surface area contributed by atoms with Gasteiger partial charge in [0, 0.05) is 23.1 Å². The standard InChI is InChI=1S/C20H23N3O8/c1-13-14(20(27)18-15(19(13)26)3-2-4-16(18)24)5-6-17(25)30-11-12-31-23(28)21-22-7-9-29-10-8-22/h2-4,24H,5-12H2,1H3/b23-21+. The SMILES string of the molecule is CC1=C(CCC(=O)OCCO/[N+]([O-])=N/N2CCOCC2)C(=O)c2c(O)cccc2C1=O. The van der Waals surface area contributed by atoms with Crippen LogP contribution in [0.5, 0.6) is 5.75 Å². The molecule has 1 aliphatic carbocycles. The number of rotatable bonds is 8. The molecule has 31 heavy (non-hydrogen) atoms. The number of phenolic OH excluding ortho intramolecular Hbond substituents is 1. The molecule has 0 spiro atoms. The molecule has 1 fully saturated rings. The lowest BCUT2D eigenvalue weighted by molar-refractivity contribution is -0.798. The summed E-state index contributed by atoms with van der Waals surface area (Å²) >= 11 is 0. The Labute approximate surface area is 178 Å². The zero-order valence-electron chi connectivity index (χ0n) is 17.0. The molecule has 0 radical (unpaired) electrons. The third-order valence-electron chi connectivity index (χ3n) is 4.90. The first-order valence-corrected chi connectivity index (χ1v) is 9.79. The van der Waals surface area contributed by atoms with Crippen LogP contribution in [0.2, 0.25) is 0 Å². The van der Waals surface area contributed by atoms with Crippen LogP contribution in [0.15, 0.2) is 34.6 Å². The predicted molar refractivity (Wildman–Crippen MR) is 104 cm³/mol. The predicted octanol–water partition coefficient (Wildman–Crippen LogP) is 1.55. The summed E-state index contributed by atoms with van der Waals surface area (Å²) < 4.78 is 10.1. The van der Waals surface area contributed by atoms with Crippen molar-refractivity contribution in [3.63, 3.8) is 0 Å². The van der Waals surface area contributed by atoms with Crippen LogP contribution in [0.1, 0.15) is 40.5 Å². The summed E-state index contributed by atoms with van der Waals surface area (Å²) in [5.74, 6) is -1.73. The van der Waals surface area contributed by atoms with Gasteiger partial charge in [0.2, 0.25) is 0 Å². The average molecular weight is 433 g/mol. The summed E-state index contributed by atoms with van der Waals surface area (Å²) in [6.07, 6.45) is -0.155. The van der Waals surface area contributed by atoms with E-state index in [1.165, 1.54) is 30.1 Å².